The quantitative estimate of drug-likeness (QED) is 0.651. The number of carbonyl (C=O) groups excluding carboxylic acids is 1. The lowest BCUT2D eigenvalue weighted by Gasteiger charge is -2.08. The minimum absolute atomic E-state index is 0.282. The number of hydrogen-bond donors (Lipinski definition) is 1. The minimum Gasteiger partial charge on any atom is -0.465 e. The van der Waals surface area contributed by atoms with Crippen LogP contribution in [0.1, 0.15) is 20.8 Å². The largest absolute Gasteiger partial charge is 0.465 e. The number of esters is 1. The van der Waals surface area contributed by atoms with Gasteiger partial charge in [-0.15, -0.1) is 11.3 Å². The van der Waals surface area contributed by atoms with Crippen LogP contribution in [-0.2, 0) is 17.7 Å². The van der Waals surface area contributed by atoms with Crippen LogP contribution in [0.25, 0.3) is 0 Å². The van der Waals surface area contributed by atoms with Gasteiger partial charge in [-0.1, -0.05) is 24.3 Å². The molecule has 1 N–H and O–H groups in total. The van der Waals surface area contributed by atoms with E-state index in [9.17, 15) is 4.79 Å². The topological polar surface area (TPSA) is 38.3 Å². The first-order valence-electron chi connectivity index (χ1n) is 6.20. The molecule has 3 nitrogen and oxygen atoms in total. The van der Waals surface area contributed by atoms with Crippen LogP contribution in [0.5, 0.6) is 0 Å². The number of thiophene rings is 1. The molecule has 0 atom stereocenters. The zero-order valence-corrected chi connectivity index (χ0v) is 11.7. The van der Waals surface area contributed by atoms with E-state index in [0.29, 0.717) is 12.1 Å². The first kappa shape index (κ1) is 13.8. The predicted octanol–water partition coefficient (Wildman–Crippen LogP) is 2.87. The van der Waals surface area contributed by atoms with Gasteiger partial charge in [0.2, 0.25) is 0 Å². The van der Waals surface area contributed by atoms with Gasteiger partial charge < -0.3 is 10.1 Å². The molecule has 19 heavy (non-hydrogen) atoms. The first-order chi connectivity index (χ1) is 9.31. The summed E-state index contributed by atoms with van der Waals surface area (Å²) in [6, 6.07) is 11.7. The van der Waals surface area contributed by atoms with Gasteiger partial charge in [0.1, 0.15) is 0 Å². The molecule has 0 aliphatic rings. The third-order valence-corrected chi connectivity index (χ3v) is 3.80. The molecule has 0 spiro atoms. The Hall–Kier alpha value is -1.65. The Balaban J connectivity index is 1.87. The molecule has 0 saturated carbocycles. The van der Waals surface area contributed by atoms with E-state index in [1.54, 1.807) is 17.4 Å². The highest BCUT2D eigenvalue weighted by molar-refractivity contribution is 7.09. The van der Waals surface area contributed by atoms with Crippen LogP contribution in [0, 0.1) is 0 Å². The fourth-order valence-corrected chi connectivity index (χ4v) is 2.58. The van der Waals surface area contributed by atoms with Crippen molar-refractivity contribution in [1.82, 2.24) is 5.32 Å². The molecule has 0 amide bonds. The van der Waals surface area contributed by atoms with E-state index >= 15 is 0 Å². The summed E-state index contributed by atoms with van der Waals surface area (Å²) in [5.74, 6) is -0.282. The zero-order valence-electron chi connectivity index (χ0n) is 10.9. The highest BCUT2D eigenvalue weighted by atomic mass is 32.1. The van der Waals surface area contributed by atoms with E-state index in [2.05, 4.69) is 22.8 Å². The molecule has 4 heteroatoms. The average Bonchev–Trinajstić information content (AvgIpc) is 2.96. The van der Waals surface area contributed by atoms with E-state index in [-0.39, 0.29) is 5.97 Å². The average molecular weight is 275 g/mol. The Kier molecular flexibility index (Phi) is 5.12. The molecule has 0 unspecified atom stereocenters. The van der Waals surface area contributed by atoms with Crippen molar-refractivity contribution in [3.8, 4) is 0 Å². The van der Waals surface area contributed by atoms with Crippen LogP contribution < -0.4 is 5.32 Å². The van der Waals surface area contributed by atoms with Crippen molar-refractivity contribution >= 4 is 17.3 Å². The van der Waals surface area contributed by atoms with Crippen LogP contribution >= 0.6 is 11.3 Å². The van der Waals surface area contributed by atoms with Crippen LogP contribution in [0.2, 0.25) is 0 Å². The Bertz CT molecular complexity index is 523. The molecule has 1 aromatic heterocycles. The van der Waals surface area contributed by atoms with Gasteiger partial charge in [0.15, 0.2) is 0 Å². The van der Waals surface area contributed by atoms with Gasteiger partial charge >= 0.3 is 5.97 Å². The second-order valence-electron chi connectivity index (χ2n) is 4.15. The lowest BCUT2D eigenvalue weighted by atomic mass is 10.1. The predicted molar refractivity (Wildman–Crippen MR) is 77.5 cm³/mol. The van der Waals surface area contributed by atoms with E-state index < -0.39 is 0 Å². The summed E-state index contributed by atoms with van der Waals surface area (Å²) < 4.78 is 4.78. The Morgan fingerprint density at radius 3 is 2.84 bits per heavy atom. The van der Waals surface area contributed by atoms with Crippen molar-refractivity contribution < 1.29 is 9.53 Å². The number of nitrogens with one attached hydrogen (secondary N) is 1. The highest BCUT2D eigenvalue weighted by Gasteiger charge is 2.09. The van der Waals surface area contributed by atoms with Crippen LogP contribution in [0.4, 0.5) is 0 Å². The number of ether oxygens (including phenoxy) is 1. The molecule has 0 aliphatic carbocycles. The SMILES string of the molecule is COC(=O)c1ccccc1CNCCc1cccs1. The maximum absolute atomic E-state index is 11.6. The third kappa shape index (κ3) is 3.91. The lowest BCUT2D eigenvalue weighted by Crippen LogP contribution is -2.18. The molecule has 1 aromatic carbocycles. The molecular formula is C15H17NO2S. The van der Waals surface area contributed by atoms with Gasteiger partial charge in [-0.25, -0.2) is 4.79 Å². The lowest BCUT2D eigenvalue weighted by molar-refractivity contribution is 0.0599. The van der Waals surface area contributed by atoms with E-state index in [4.69, 9.17) is 4.74 Å². The Morgan fingerprint density at radius 1 is 1.26 bits per heavy atom. The molecule has 1 heterocycles. The summed E-state index contributed by atoms with van der Waals surface area (Å²) in [5, 5.41) is 5.44. The fourth-order valence-electron chi connectivity index (χ4n) is 1.87. The number of hydrogen-bond acceptors (Lipinski definition) is 4. The summed E-state index contributed by atoms with van der Waals surface area (Å²) in [7, 11) is 1.41. The van der Waals surface area contributed by atoms with E-state index in [1.165, 1.54) is 12.0 Å². The summed E-state index contributed by atoms with van der Waals surface area (Å²) in [6.45, 7) is 1.58. The summed E-state index contributed by atoms with van der Waals surface area (Å²) in [4.78, 5) is 13.0. The summed E-state index contributed by atoms with van der Waals surface area (Å²) in [5.41, 5.74) is 1.61. The molecule has 2 aromatic rings. The second-order valence-corrected chi connectivity index (χ2v) is 5.19. The van der Waals surface area contributed by atoms with Gasteiger partial charge in [-0.2, -0.15) is 0 Å². The number of benzene rings is 1. The minimum atomic E-state index is -0.282. The molecule has 0 fully saturated rings. The second kappa shape index (κ2) is 7.07. The van der Waals surface area contributed by atoms with E-state index in [0.717, 1.165) is 18.5 Å². The number of rotatable bonds is 6. The summed E-state index contributed by atoms with van der Waals surface area (Å²) in [6.07, 6.45) is 1.01. The molecule has 0 radical (unpaired) electrons. The van der Waals surface area contributed by atoms with Crippen LogP contribution in [-0.4, -0.2) is 19.6 Å². The van der Waals surface area contributed by atoms with E-state index in [1.807, 2.05) is 18.2 Å². The van der Waals surface area contributed by atoms with Gasteiger partial charge in [0.05, 0.1) is 12.7 Å². The smallest absolute Gasteiger partial charge is 0.338 e. The molecule has 0 saturated heterocycles. The van der Waals surface area contributed by atoms with Crippen molar-refractivity contribution in [3.05, 3.63) is 57.8 Å². The Labute approximate surface area is 117 Å². The number of carbonyl (C=O) groups is 1. The van der Waals surface area contributed by atoms with Gasteiger partial charge in [-0.3, -0.25) is 0 Å². The van der Waals surface area contributed by atoms with Crippen molar-refractivity contribution in [3.63, 3.8) is 0 Å². The molecule has 0 aliphatic heterocycles. The van der Waals surface area contributed by atoms with Crippen LogP contribution in [0.15, 0.2) is 41.8 Å². The summed E-state index contributed by atoms with van der Waals surface area (Å²) >= 11 is 1.77. The van der Waals surface area contributed by atoms with Gasteiger partial charge in [0, 0.05) is 18.0 Å². The maximum Gasteiger partial charge on any atom is 0.338 e. The van der Waals surface area contributed by atoms with Gasteiger partial charge in [0.25, 0.3) is 0 Å². The Morgan fingerprint density at radius 2 is 2.11 bits per heavy atom. The zero-order chi connectivity index (χ0) is 13.5. The first-order valence-corrected chi connectivity index (χ1v) is 7.08. The van der Waals surface area contributed by atoms with Crippen molar-refractivity contribution in [1.29, 1.82) is 0 Å². The van der Waals surface area contributed by atoms with Crippen molar-refractivity contribution in [2.24, 2.45) is 0 Å². The molecule has 2 rings (SSSR count). The van der Waals surface area contributed by atoms with Crippen LogP contribution in [0.3, 0.4) is 0 Å². The molecule has 100 valence electrons. The molecule has 0 bridgehead atoms. The van der Waals surface area contributed by atoms with Gasteiger partial charge in [-0.05, 0) is 29.5 Å². The standard InChI is InChI=1S/C15H17NO2S/c1-18-15(17)14-7-3-2-5-12(14)11-16-9-8-13-6-4-10-19-13/h2-7,10,16H,8-9,11H2,1H3. The maximum atomic E-state index is 11.6. The monoisotopic (exact) mass is 275 g/mol. The number of methoxy groups -OCH3 is 1. The molecular weight excluding hydrogens is 258 g/mol. The normalized spacial score (nSPS) is 10.4. The van der Waals surface area contributed by atoms with Crippen molar-refractivity contribution in [2.45, 2.75) is 13.0 Å². The fraction of sp³-hybridized carbons (Fsp3) is 0.267. The third-order valence-electron chi connectivity index (χ3n) is 2.87. The highest BCUT2D eigenvalue weighted by Crippen LogP contribution is 2.11. The van der Waals surface area contributed by atoms with Crippen molar-refractivity contribution in [2.75, 3.05) is 13.7 Å².